The van der Waals surface area contributed by atoms with Crippen LogP contribution in [0.1, 0.15) is 40.3 Å². The molecule has 0 saturated heterocycles. The lowest BCUT2D eigenvalue weighted by molar-refractivity contribution is -0.133. The normalized spacial score (nSPS) is 12.0. The lowest BCUT2D eigenvalue weighted by Crippen LogP contribution is -2.51. The minimum absolute atomic E-state index is 0.0746. The number of amides is 3. The van der Waals surface area contributed by atoms with Gasteiger partial charge in [-0.1, -0.05) is 23.7 Å². The van der Waals surface area contributed by atoms with Crippen LogP contribution in [0.4, 0.5) is 15.3 Å². The fourth-order valence-electron chi connectivity index (χ4n) is 2.98. The maximum Gasteiger partial charge on any atom is 0.411 e. The number of rotatable bonds is 7. The summed E-state index contributed by atoms with van der Waals surface area (Å²) < 4.78 is 9.92. The lowest BCUT2D eigenvalue weighted by Gasteiger charge is -2.28. The molecule has 2 aromatic rings. The number of methoxy groups -OCH3 is 1. The summed E-state index contributed by atoms with van der Waals surface area (Å²) in [5.41, 5.74) is 1.59. The third-order valence-corrected chi connectivity index (χ3v) is 5.23. The number of hydrogen-bond donors (Lipinski definition) is 2. The third-order valence-electron chi connectivity index (χ3n) is 4.95. The van der Waals surface area contributed by atoms with Crippen LogP contribution in [0.3, 0.4) is 0 Å². The first-order valence-electron chi connectivity index (χ1n) is 11.0. The molecule has 0 bridgehead atoms. The van der Waals surface area contributed by atoms with E-state index in [1.54, 1.807) is 63.1 Å². The zero-order valence-electron chi connectivity index (χ0n) is 21.0. The van der Waals surface area contributed by atoms with Crippen LogP contribution in [-0.4, -0.2) is 65.0 Å². The minimum Gasteiger partial charge on any atom is -0.453 e. The lowest BCUT2D eigenvalue weighted by atomic mass is 10.0. The number of benzene rings is 1. The number of alkyl carbamates (subject to hydrolysis) is 1. The predicted octanol–water partition coefficient (Wildman–Crippen LogP) is 4.28. The van der Waals surface area contributed by atoms with E-state index in [4.69, 9.17) is 16.3 Å². The molecule has 2 rings (SSSR count). The second kappa shape index (κ2) is 11.8. The summed E-state index contributed by atoms with van der Waals surface area (Å²) in [4.78, 5) is 38.5. The van der Waals surface area contributed by atoms with Crippen molar-refractivity contribution in [2.75, 3.05) is 19.5 Å². The molecule has 3 amide bonds. The molecule has 0 saturated carbocycles. The Morgan fingerprint density at radius 1 is 1.09 bits per heavy atom. The molecule has 0 aliphatic rings. The molecule has 10 nitrogen and oxygen atoms in total. The molecule has 11 heteroatoms. The zero-order valence-corrected chi connectivity index (χ0v) is 21.8. The van der Waals surface area contributed by atoms with Crippen molar-refractivity contribution in [1.29, 1.82) is 0 Å². The number of aromatic nitrogens is 2. The Bertz CT molecular complexity index is 1050. The van der Waals surface area contributed by atoms with Crippen molar-refractivity contribution < 1.29 is 23.9 Å². The molecule has 1 aromatic carbocycles. The highest BCUT2D eigenvalue weighted by molar-refractivity contribution is 6.32. The first-order valence-corrected chi connectivity index (χ1v) is 11.4. The topological polar surface area (TPSA) is 123 Å². The number of nitrogens with one attached hydrogen (secondary N) is 2. The van der Waals surface area contributed by atoms with Gasteiger partial charge in [0, 0.05) is 30.8 Å². The van der Waals surface area contributed by atoms with E-state index in [9.17, 15) is 14.4 Å². The SMILES string of the molecule is COC(=O)Nc1ccc(-c2cc(CC(NC(=O)OC(C)(C)C)C(=O)N(C)C(C)C)nnc2Cl)cc1. The Kier molecular flexibility index (Phi) is 9.41. The Morgan fingerprint density at radius 2 is 1.71 bits per heavy atom. The van der Waals surface area contributed by atoms with Crippen LogP contribution >= 0.6 is 11.6 Å². The molecule has 2 N–H and O–H groups in total. The molecule has 1 aromatic heterocycles. The second-order valence-corrected chi connectivity index (χ2v) is 9.54. The number of hydrogen-bond acceptors (Lipinski definition) is 7. The Hall–Kier alpha value is -3.40. The first kappa shape index (κ1) is 27.8. The van der Waals surface area contributed by atoms with E-state index in [0.717, 1.165) is 5.56 Å². The van der Waals surface area contributed by atoms with Crippen LogP contribution in [0.5, 0.6) is 0 Å². The largest absolute Gasteiger partial charge is 0.453 e. The number of carbonyl (C=O) groups excluding carboxylic acids is 3. The molecule has 1 heterocycles. The summed E-state index contributed by atoms with van der Waals surface area (Å²) in [5.74, 6) is -0.289. The summed E-state index contributed by atoms with van der Waals surface area (Å²) in [6, 6.07) is 7.61. The summed E-state index contributed by atoms with van der Waals surface area (Å²) in [6.45, 7) is 8.98. The van der Waals surface area contributed by atoms with E-state index in [2.05, 4.69) is 25.6 Å². The highest BCUT2D eigenvalue weighted by Gasteiger charge is 2.28. The van der Waals surface area contributed by atoms with E-state index in [1.165, 1.54) is 7.11 Å². The Balaban J connectivity index is 2.31. The number of anilines is 1. The molecule has 35 heavy (non-hydrogen) atoms. The van der Waals surface area contributed by atoms with Gasteiger partial charge < -0.3 is 19.7 Å². The van der Waals surface area contributed by atoms with Gasteiger partial charge in [0.25, 0.3) is 0 Å². The summed E-state index contributed by atoms with van der Waals surface area (Å²) in [7, 11) is 2.95. The van der Waals surface area contributed by atoms with E-state index in [1.807, 2.05) is 13.8 Å². The van der Waals surface area contributed by atoms with Gasteiger partial charge in [-0.2, -0.15) is 5.10 Å². The van der Waals surface area contributed by atoms with Gasteiger partial charge in [-0.3, -0.25) is 10.1 Å². The van der Waals surface area contributed by atoms with Gasteiger partial charge >= 0.3 is 12.2 Å². The molecule has 0 spiro atoms. The molecule has 1 unspecified atom stereocenters. The summed E-state index contributed by atoms with van der Waals surface area (Å²) in [6.07, 6.45) is -1.21. The van der Waals surface area contributed by atoms with Crippen molar-refractivity contribution in [3.8, 4) is 11.1 Å². The van der Waals surface area contributed by atoms with Gasteiger partial charge in [-0.25, -0.2) is 9.59 Å². The van der Waals surface area contributed by atoms with Crippen LogP contribution in [0.15, 0.2) is 30.3 Å². The quantitative estimate of drug-likeness (QED) is 0.575. The fraction of sp³-hybridized carbons (Fsp3) is 0.458. The van der Waals surface area contributed by atoms with Crippen molar-refractivity contribution in [2.45, 2.75) is 58.7 Å². The Morgan fingerprint density at radius 3 is 2.26 bits per heavy atom. The highest BCUT2D eigenvalue weighted by Crippen LogP contribution is 2.28. The number of likely N-dealkylation sites (N-methyl/N-ethyl adjacent to an activating group) is 1. The molecule has 1 atom stereocenters. The number of carbonyl (C=O) groups is 3. The average molecular weight is 506 g/mol. The molecule has 0 aliphatic heterocycles. The first-order chi connectivity index (χ1) is 16.3. The number of ether oxygens (including phenoxy) is 2. The van der Waals surface area contributed by atoms with Crippen molar-refractivity contribution in [3.05, 3.63) is 41.2 Å². The maximum atomic E-state index is 13.1. The second-order valence-electron chi connectivity index (χ2n) is 9.18. The molecular formula is C24H32ClN5O5. The van der Waals surface area contributed by atoms with Crippen molar-refractivity contribution >= 4 is 35.4 Å². The van der Waals surface area contributed by atoms with Gasteiger partial charge in [0.05, 0.1) is 12.8 Å². The number of nitrogens with zero attached hydrogens (tertiary/aromatic N) is 3. The fourth-order valence-corrected chi connectivity index (χ4v) is 3.18. The van der Waals surface area contributed by atoms with Crippen molar-refractivity contribution in [3.63, 3.8) is 0 Å². The predicted molar refractivity (Wildman–Crippen MR) is 133 cm³/mol. The molecule has 190 valence electrons. The van der Waals surface area contributed by atoms with Crippen molar-refractivity contribution in [2.24, 2.45) is 0 Å². The maximum absolute atomic E-state index is 13.1. The van der Waals surface area contributed by atoms with E-state index in [-0.39, 0.29) is 23.5 Å². The van der Waals surface area contributed by atoms with E-state index >= 15 is 0 Å². The van der Waals surface area contributed by atoms with Gasteiger partial charge in [0.1, 0.15) is 11.6 Å². The van der Waals surface area contributed by atoms with Gasteiger partial charge in [0.2, 0.25) is 5.91 Å². The molecule has 0 aliphatic carbocycles. The third kappa shape index (κ3) is 8.40. The smallest absolute Gasteiger partial charge is 0.411 e. The van der Waals surface area contributed by atoms with Crippen LogP contribution in [0.25, 0.3) is 11.1 Å². The monoisotopic (exact) mass is 505 g/mol. The van der Waals surface area contributed by atoms with Crippen LogP contribution < -0.4 is 10.6 Å². The zero-order chi connectivity index (χ0) is 26.3. The summed E-state index contributed by atoms with van der Waals surface area (Å²) >= 11 is 6.30. The van der Waals surface area contributed by atoms with Gasteiger partial charge in [0.15, 0.2) is 5.15 Å². The van der Waals surface area contributed by atoms with Crippen LogP contribution in [-0.2, 0) is 20.7 Å². The van der Waals surface area contributed by atoms with Gasteiger partial charge in [-0.15, -0.1) is 5.10 Å². The highest BCUT2D eigenvalue weighted by atomic mass is 35.5. The van der Waals surface area contributed by atoms with Crippen LogP contribution in [0.2, 0.25) is 5.15 Å². The minimum atomic E-state index is -0.924. The standard InChI is InChI=1S/C24H32ClN5O5/c1-14(2)30(6)21(31)19(27-23(33)35-24(3,4)5)13-17-12-18(20(25)29-28-17)15-8-10-16(11-9-15)26-22(32)34-7/h8-12,14,19H,13H2,1-7H3,(H,26,32)(H,27,33). The average Bonchev–Trinajstić information content (AvgIpc) is 2.78. The number of halogens is 1. The van der Waals surface area contributed by atoms with Gasteiger partial charge in [-0.05, 0) is 58.4 Å². The summed E-state index contributed by atoms with van der Waals surface area (Å²) in [5, 5.41) is 13.6. The Labute approximate surface area is 210 Å². The van der Waals surface area contributed by atoms with E-state index in [0.29, 0.717) is 16.9 Å². The molecule has 0 fully saturated rings. The van der Waals surface area contributed by atoms with Crippen molar-refractivity contribution in [1.82, 2.24) is 20.4 Å². The van der Waals surface area contributed by atoms with Crippen LogP contribution in [0, 0.1) is 0 Å². The molecule has 0 radical (unpaired) electrons. The van der Waals surface area contributed by atoms with E-state index < -0.39 is 23.8 Å². The molecular weight excluding hydrogens is 474 g/mol.